The Hall–Kier alpha value is -2.72. The van der Waals surface area contributed by atoms with Crippen molar-refractivity contribution >= 4 is 27.9 Å². The van der Waals surface area contributed by atoms with E-state index in [0.717, 1.165) is 24.3 Å². The molecule has 2 fully saturated rings. The number of hydrogen-bond acceptors (Lipinski definition) is 7. The summed E-state index contributed by atoms with van der Waals surface area (Å²) in [5, 5.41) is 13.1. The summed E-state index contributed by atoms with van der Waals surface area (Å²) in [4.78, 5) is 33.2. The summed E-state index contributed by atoms with van der Waals surface area (Å²) in [6.45, 7) is 2.76. The summed E-state index contributed by atoms with van der Waals surface area (Å²) in [5.74, 6) is -1.47. The number of nitrogens with zero attached hydrogens (tertiary/aromatic N) is 3. The van der Waals surface area contributed by atoms with E-state index in [-0.39, 0.29) is 29.1 Å². The summed E-state index contributed by atoms with van der Waals surface area (Å²) in [5.41, 5.74) is 6.11. The van der Waals surface area contributed by atoms with Crippen molar-refractivity contribution in [3.8, 4) is 5.75 Å². The van der Waals surface area contributed by atoms with Gasteiger partial charge in [-0.2, -0.15) is 0 Å². The molecule has 10 heteroatoms. The van der Waals surface area contributed by atoms with E-state index in [9.17, 15) is 14.7 Å². The van der Waals surface area contributed by atoms with E-state index in [0.29, 0.717) is 24.2 Å². The van der Waals surface area contributed by atoms with Gasteiger partial charge in [-0.3, -0.25) is 14.3 Å². The predicted molar refractivity (Wildman–Crippen MR) is 113 cm³/mol. The van der Waals surface area contributed by atoms with Crippen molar-refractivity contribution in [2.75, 3.05) is 18.0 Å². The number of aromatic hydroxyl groups is 1. The number of halogens is 1. The smallest absolute Gasteiger partial charge is 0.329 e. The number of aryl methyl sites for hydroxylation is 1. The number of hydrogen-bond donors (Lipinski definition) is 3. The van der Waals surface area contributed by atoms with Gasteiger partial charge in [-0.15, -0.1) is 11.3 Å². The fraction of sp³-hybridized carbons (Fsp3) is 0.450. The molecule has 8 nitrogen and oxygen atoms in total. The van der Waals surface area contributed by atoms with Crippen LogP contribution in [0.3, 0.4) is 0 Å². The number of phenols is 1. The standard InChI is InChI=1S/C20H22FN5O3S/c1-9-15-12(18(28)24-20(29)26(15)11-2-3-11)17(27)13(21)16(9)25-6-4-10(8-25)14(22)19-23-5-7-30-19/h5,7,10-11,14,27H,2-4,6,8,22H2,1H3,(H,24,28,29). The van der Waals surface area contributed by atoms with Crippen LogP contribution in [0.4, 0.5) is 10.1 Å². The Morgan fingerprint density at radius 3 is 2.80 bits per heavy atom. The zero-order chi connectivity index (χ0) is 21.2. The van der Waals surface area contributed by atoms with Gasteiger partial charge in [-0.25, -0.2) is 14.2 Å². The number of thiazole rings is 1. The van der Waals surface area contributed by atoms with Gasteiger partial charge in [0.25, 0.3) is 5.56 Å². The van der Waals surface area contributed by atoms with E-state index < -0.39 is 22.8 Å². The quantitative estimate of drug-likeness (QED) is 0.583. The average molecular weight is 431 g/mol. The van der Waals surface area contributed by atoms with Crippen molar-refractivity contribution < 1.29 is 9.50 Å². The number of H-pyrrole nitrogens is 1. The molecular formula is C20H22FN5O3S. The Morgan fingerprint density at radius 1 is 1.37 bits per heavy atom. The van der Waals surface area contributed by atoms with Crippen LogP contribution in [-0.4, -0.2) is 32.7 Å². The Bertz CT molecular complexity index is 1250. The predicted octanol–water partition coefficient (Wildman–Crippen LogP) is 2.16. The second-order valence-electron chi connectivity index (χ2n) is 8.11. The maximum atomic E-state index is 15.3. The van der Waals surface area contributed by atoms with Crippen LogP contribution in [0.5, 0.6) is 5.75 Å². The lowest BCUT2D eigenvalue weighted by Gasteiger charge is -2.25. The minimum Gasteiger partial charge on any atom is -0.504 e. The van der Waals surface area contributed by atoms with Crippen LogP contribution in [0, 0.1) is 18.7 Å². The number of anilines is 1. The van der Waals surface area contributed by atoms with Gasteiger partial charge in [0.1, 0.15) is 10.4 Å². The van der Waals surface area contributed by atoms with Crippen LogP contribution in [0.2, 0.25) is 0 Å². The van der Waals surface area contributed by atoms with Crippen LogP contribution >= 0.6 is 11.3 Å². The van der Waals surface area contributed by atoms with Gasteiger partial charge in [-0.05, 0) is 32.1 Å². The van der Waals surface area contributed by atoms with Crippen LogP contribution < -0.4 is 21.9 Å². The van der Waals surface area contributed by atoms with E-state index in [2.05, 4.69) is 9.97 Å². The second-order valence-corrected chi connectivity index (χ2v) is 9.04. The number of nitrogens with one attached hydrogen (secondary N) is 1. The molecule has 1 saturated heterocycles. The molecule has 4 N–H and O–H groups in total. The third kappa shape index (κ3) is 2.85. The molecule has 0 radical (unpaired) electrons. The first-order valence-electron chi connectivity index (χ1n) is 9.98. The Kier molecular flexibility index (Phi) is 4.44. The van der Waals surface area contributed by atoms with Crippen molar-refractivity contribution in [1.82, 2.24) is 14.5 Å². The van der Waals surface area contributed by atoms with Gasteiger partial charge in [0.15, 0.2) is 11.6 Å². The van der Waals surface area contributed by atoms with Crippen molar-refractivity contribution in [1.29, 1.82) is 0 Å². The number of aromatic amines is 1. The first kappa shape index (κ1) is 19.3. The van der Waals surface area contributed by atoms with E-state index in [4.69, 9.17) is 5.73 Å². The van der Waals surface area contributed by atoms with Crippen molar-refractivity contribution in [3.05, 3.63) is 48.8 Å². The average Bonchev–Trinajstić information content (AvgIpc) is 3.18. The summed E-state index contributed by atoms with van der Waals surface area (Å²) < 4.78 is 16.8. The molecule has 0 spiro atoms. The summed E-state index contributed by atoms with van der Waals surface area (Å²) >= 11 is 1.50. The van der Waals surface area contributed by atoms with Gasteiger partial charge in [0.05, 0.1) is 17.2 Å². The lowest BCUT2D eigenvalue weighted by atomic mass is 10.0. The highest BCUT2D eigenvalue weighted by atomic mass is 32.1. The van der Waals surface area contributed by atoms with E-state index in [1.807, 2.05) is 10.3 Å². The van der Waals surface area contributed by atoms with Gasteiger partial charge in [0, 0.05) is 36.3 Å². The Labute approximate surface area is 174 Å². The molecule has 0 bridgehead atoms. The molecule has 2 atom stereocenters. The third-order valence-electron chi connectivity index (χ3n) is 6.20. The maximum Gasteiger partial charge on any atom is 0.329 e. The minimum absolute atomic E-state index is 0.0436. The number of phenolic OH excluding ortho intramolecular Hbond substituents is 1. The van der Waals surface area contributed by atoms with E-state index in [1.165, 1.54) is 15.9 Å². The Morgan fingerprint density at radius 2 is 2.13 bits per heavy atom. The van der Waals surface area contributed by atoms with E-state index in [1.54, 1.807) is 13.1 Å². The lowest BCUT2D eigenvalue weighted by molar-refractivity contribution is 0.436. The molecule has 30 heavy (non-hydrogen) atoms. The highest BCUT2D eigenvalue weighted by Gasteiger charge is 2.35. The molecule has 2 aliphatic rings. The van der Waals surface area contributed by atoms with Crippen LogP contribution in [-0.2, 0) is 0 Å². The van der Waals surface area contributed by atoms with Crippen LogP contribution in [0.15, 0.2) is 21.2 Å². The highest BCUT2D eigenvalue weighted by molar-refractivity contribution is 7.09. The van der Waals surface area contributed by atoms with E-state index >= 15 is 4.39 Å². The fourth-order valence-electron chi connectivity index (χ4n) is 4.58. The minimum atomic E-state index is -0.838. The van der Waals surface area contributed by atoms with Crippen LogP contribution in [0.1, 0.15) is 41.9 Å². The summed E-state index contributed by atoms with van der Waals surface area (Å²) in [6.07, 6.45) is 4.08. The van der Waals surface area contributed by atoms with Crippen LogP contribution in [0.25, 0.3) is 10.9 Å². The van der Waals surface area contributed by atoms with Gasteiger partial charge in [-0.1, -0.05) is 0 Å². The molecule has 1 aliphatic carbocycles. The van der Waals surface area contributed by atoms with Crippen molar-refractivity contribution in [2.24, 2.45) is 11.7 Å². The molecule has 158 valence electrons. The van der Waals surface area contributed by atoms with Gasteiger partial charge < -0.3 is 15.7 Å². The summed E-state index contributed by atoms with van der Waals surface area (Å²) in [6, 6.07) is -0.294. The number of nitrogens with two attached hydrogens (primary N) is 1. The SMILES string of the molecule is Cc1c(N2CCC(C(N)c3nccs3)C2)c(F)c(O)c2c(=O)[nH]c(=O)n(C3CC3)c12. The number of benzene rings is 1. The molecule has 5 rings (SSSR count). The zero-order valence-electron chi connectivity index (χ0n) is 16.4. The normalized spacial score (nSPS) is 20.2. The summed E-state index contributed by atoms with van der Waals surface area (Å²) in [7, 11) is 0. The number of fused-ring (bicyclic) bond motifs is 1. The topological polar surface area (TPSA) is 117 Å². The third-order valence-corrected chi connectivity index (χ3v) is 7.08. The monoisotopic (exact) mass is 431 g/mol. The molecule has 1 saturated carbocycles. The molecule has 2 aromatic heterocycles. The van der Waals surface area contributed by atoms with Gasteiger partial charge in [0.2, 0.25) is 0 Å². The lowest BCUT2D eigenvalue weighted by Crippen LogP contribution is -2.32. The molecule has 1 aliphatic heterocycles. The highest BCUT2D eigenvalue weighted by Crippen LogP contribution is 2.43. The van der Waals surface area contributed by atoms with Crippen molar-refractivity contribution in [2.45, 2.75) is 38.3 Å². The second kappa shape index (κ2) is 6.92. The molecule has 0 amide bonds. The maximum absolute atomic E-state index is 15.3. The molecule has 3 heterocycles. The molecule has 3 aromatic rings. The van der Waals surface area contributed by atoms with Gasteiger partial charge >= 0.3 is 5.69 Å². The number of aromatic nitrogens is 3. The number of rotatable bonds is 4. The first-order valence-corrected chi connectivity index (χ1v) is 10.9. The molecule has 2 unspecified atom stereocenters. The molecular weight excluding hydrogens is 409 g/mol. The molecule has 1 aromatic carbocycles. The van der Waals surface area contributed by atoms with Crippen molar-refractivity contribution in [3.63, 3.8) is 0 Å². The largest absolute Gasteiger partial charge is 0.504 e. The first-order chi connectivity index (χ1) is 14.4. The fourth-order valence-corrected chi connectivity index (χ4v) is 5.31. The zero-order valence-corrected chi connectivity index (χ0v) is 17.2. The Balaban J connectivity index is 1.63.